The molecule has 0 atom stereocenters. The molecule has 0 bridgehead atoms. The van der Waals surface area contributed by atoms with Gasteiger partial charge in [-0.2, -0.15) is 0 Å². The highest BCUT2D eigenvalue weighted by atomic mass is 35.5. The van der Waals surface area contributed by atoms with Crippen molar-refractivity contribution in [3.63, 3.8) is 0 Å². The quantitative estimate of drug-likeness (QED) is 0.219. The van der Waals surface area contributed by atoms with E-state index >= 15 is 0 Å². The van der Waals surface area contributed by atoms with Crippen LogP contribution < -0.4 is 5.73 Å². The molecule has 2 N–H and O–H groups in total. The van der Waals surface area contributed by atoms with E-state index in [-0.39, 0.29) is 22.4 Å². The summed E-state index contributed by atoms with van der Waals surface area (Å²) in [5.41, 5.74) is 5.35. The molecule has 0 saturated carbocycles. The summed E-state index contributed by atoms with van der Waals surface area (Å²) in [6.45, 7) is 0. The van der Waals surface area contributed by atoms with Crippen molar-refractivity contribution < 1.29 is 9.63 Å². The Kier molecular flexibility index (Phi) is 4.33. The Hall–Kier alpha value is -1.33. The van der Waals surface area contributed by atoms with Gasteiger partial charge in [0.15, 0.2) is 5.84 Å². The van der Waals surface area contributed by atoms with Crippen molar-refractivity contribution in [3.8, 4) is 0 Å². The number of amidine groups is 1. The maximum atomic E-state index is 11.3. The Labute approximate surface area is 95.8 Å². The van der Waals surface area contributed by atoms with Gasteiger partial charge in [0, 0.05) is 6.20 Å². The summed E-state index contributed by atoms with van der Waals surface area (Å²) in [6, 6.07) is 3.02. The Morgan fingerprint density at radius 1 is 1.67 bits per heavy atom. The molecule has 1 aromatic heterocycles. The Balaban J connectivity index is 2.74. The fourth-order valence-corrected chi connectivity index (χ4v) is 0.957. The highest BCUT2D eigenvalue weighted by molar-refractivity contribution is 6.32. The van der Waals surface area contributed by atoms with Crippen LogP contribution in [-0.2, 0) is 4.84 Å². The van der Waals surface area contributed by atoms with E-state index in [1.807, 2.05) is 0 Å². The second-order valence-corrected chi connectivity index (χ2v) is 3.06. The number of hydrogen-bond acceptors (Lipinski definition) is 4. The van der Waals surface area contributed by atoms with Crippen LogP contribution in [0.15, 0.2) is 23.5 Å². The smallest absolute Gasteiger partial charge is 0.368 e. The second kappa shape index (κ2) is 5.53. The third-order valence-corrected chi connectivity index (χ3v) is 1.94. The molecule has 0 unspecified atom stereocenters. The average molecular weight is 248 g/mol. The fourth-order valence-electron chi connectivity index (χ4n) is 0.712. The summed E-state index contributed by atoms with van der Waals surface area (Å²) < 4.78 is 0. The lowest BCUT2D eigenvalue weighted by Gasteiger charge is -1.99. The molecule has 1 aromatic rings. The summed E-state index contributed by atoms with van der Waals surface area (Å²) in [5.74, 6) is -0.750. The molecule has 0 saturated heterocycles. The third-order valence-electron chi connectivity index (χ3n) is 1.36. The number of alkyl halides is 1. The molecular weight excluding hydrogens is 241 g/mol. The van der Waals surface area contributed by atoms with Gasteiger partial charge in [0.1, 0.15) is 5.15 Å². The first-order valence-electron chi connectivity index (χ1n) is 3.85. The Bertz CT molecular complexity index is 395. The summed E-state index contributed by atoms with van der Waals surface area (Å²) in [4.78, 5) is 19.5. The topological polar surface area (TPSA) is 77.6 Å². The SMILES string of the molecule is N/C(CCl)=N/OC(=O)c1cccnc1Cl. The van der Waals surface area contributed by atoms with Gasteiger partial charge in [0.05, 0.1) is 11.4 Å². The number of carbonyl (C=O) groups excluding carboxylic acids is 1. The normalized spacial score (nSPS) is 11.2. The van der Waals surface area contributed by atoms with E-state index in [9.17, 15) is 4.79 Å². The lowest BCUT2D eigenvalue weighted by atomic mass is 10.3. The molecule has 5 nitrogen and oxygen atoms in total. The van der Waals surface area contributed by atoms with Crippen molar-refractivity contribution in [1.29, 1.82) is 0 Å². The molecule has 0 spiro atoms. The van der Waals surface area contributed by atoms with Gasteiger partial charge in [-0.3, -0.25) is 0 Å². The number of hydrogen-bond donors (Lipinski definition) is 1. The molecule has 0 aromatic carbocycles. The van der Waals surface area contributed by atoms with Crippen LogP contribution in [0.5, 0.6) is 0 Å². The van der Waals surface area contributed by atoms with Crippen molar-refractivity contribution in [1.82, 2.24) is 4.98 Å². The minimum absolute atomic E-state index is 0.00466. The Morgan fingerprint density at radius 3 is 3.00 bits per heavy atom. The van der Waals surface area contributed by atoms with Crippen LogP contribution in [0.2, 0.25) is 5.15 Å². The number of halogens is 2. The van der Waals surface area contributed by atoms with Crippen LogP contribution in [0, 0.1) is 0 Å². The van der Waals surface area contributed by atoms with Gasteiger partial charge in [-0.25, -0.2) is 9.78 Å². The second-order valence-electron chi connectivity index (χ2n) is 2.44. The predicted octanol–water partition coefficient (Wildman–Crippen LogP) is 1.40. The Morgan fingerprint density at radius 2 is 2.40 bits per heavy atom. The van der Waals surface area contributed by atoms with Crippen LogP contribution in [0.25, 0.3) is 0 Å². The van der Waals surface area contributed by atoms with Crippen molar-refractivity contribution in [2.75, 3.05) is 5.88 Å². The number of carbonyl (C=O) groups is 1. The molecule has 80 valence electrons. The molecule has 15 heavy (non-hydrogen) atoms. The van der Waals surface area contributed by atoms with Gasteiger partial charge < -0.3 is 10.6 Å². The van der Waals surface area contributed by atoms with Crippen LogP contribution in [-0.4, -0.2) is 22.7 Å². The third kappa shape index (κ3) is 3.38. The van der Waals surface area contributed by atoms with Crippen molar-refractivity contribution in [2.45, 2.75) is 0 Å². The minimum atomic E-state index is -0.735. The zero-order chi connectivity index (χ0) is 11.3. The van der Waals surface area contributed by atoms with E-state index in [2.05, 4.69) is 15.0 Å². The van der Waals surface area contributed by atoms with Gasteiger partial charge in [-0.05, 0) is 12.1 Å². The number of aromatic nitrogens is 1. The van der Waals surface area contributed by atoms with Gasteiger partial charge in [0.25, 0.3) is 0 Å². The fraction of sp³-hybridized carbons (Fsp3) is 0.125. The van der Waals surface area contributed by atoms with E-state index in [1.54, 1.807) is 6.07 Å². The summed E-state index contributed by atoms with van der Waals surface area (Å²) >= 11 is 11.0. The van der Waals surface area contributed by atoms with Gasteiger partial charge in [-0.1, -0.05) is 16.8 Å². The first kappa shape index (κ1) is 11.7. The van der Waals surface area contributed by atoms with Crippen molar-refractivity contribution in [3.05, 3.63) is 29.0 Å². The molecule has 0 aliphatic rings. The number of rotatable bonds is 3. The van der Waals surface area contributed by atoms with Crippen LogP contribution in [0.3, 0.4) is 0 Å². The van der Waals surface area contributed by atoms with E-state index < -0.39 is 5.97 Å². The first-order chi connectivity index (χ1) is 7.15. The molecule has 7 heteroatoms. The molecule has 1 rings (SSSR count). The molecular formula is C8H7Cl2N3O2. The molecule has 0 fully saturated rings. The first-order valence-corrected chi connectivity index (χ1v) is 4.76. The zero-order valence-electron chi connectivity index (χ0n) is 7.48. The highest BCUT2D eigenvalue weighted by Crippen LogP contribution is 2.12. The lowest BCUT2D eigenvalue weighted by Crippen LogP contribution is -2.15. The maximum Gasteiger partial charge on any atom is 0.368 e. The minimum Gasteiger partial charge on any atom is -0.383 e. The van der Waals surface area contributed by atoms with Crippen molar-refractivity contribution >= 4 is 35.0 Å². The largest absolute Gasteiger partial charge is 0.383 e. The van der Waals surface area contributed by atoms with Gasteiger partial charge in [-0.15, -0.1) is 11.6 Å². The maximum absolute atomic E-state index is 11.3. The molecule has 0 aliphatic carbocycles. The number of nitrogens with two attached hydrogens (primary N) is 1. The number of oxime groups is 1. The molecule has 0 radical (unpaired) electrons. The van der Waals surface area contributed by atoms with Crippen molar-refractivity contribution in [2.24, 2.45) is 10.9 Å². The predicted molar refractivity (Wildman–Crippen MR) is 57.0 cm³/mol. The summed E-state index contributed by atoms with van der Waals surface area (Å²) in [6.07, 6.45) is 1.45. The van der Waals surface area contributed by atoms with E-state index in [0.29, 0.717) is 0 Å². The summed E-state index contributed by atoms with van der Waals surface area (Å²) in [7, 11) is 0. The lowest BCUT2D eigenvalue weighted by molar-refractivity contribution is 0.0515. The van der Waals surface area contributed by atoms with Gasteiger partial charge >= 0.3 is 5.97 Å². The average Bonchev–Trinajstić information content (AvgIpc) is 2.26. The zero-order valence-corrected chi connectivity index (χ0v) is 9.00. The highest BCUT2D eigenvalue weighted by Gasteiger charge is 2.12. The summed E-state index contributed by atoms with van der Waals surface area (Å²) in [5, 5.41) is 3.33. The van der Waals surface area contributed by atoms with E-state index in [0.717, 1.165) is 0 Å². The van der Waals surface area contributed by atoms with E-state index in [1.165, 1.54) is 12.3 Å². The van der Waals surface area contributed by atoms with E-state index in [4.69, 9.17) is 28.9 Å². The molecule has 1 heterocycles. The monoisotopic (exact) mass is 247 g/mol. The van der Waals surface area contributed by atoms with Crippen LogP contribution in [0.1, 0.15) is 10.4 Å². The van der Waals surface area contributed by atoms with Gasteiger partial charge in [0.2, 0.25) is 0 Å². The number of pyridine rings is 1. The standard InChI is InChI=1S/C8H7Cl2N3O2/c9-4-6(11)13-15-8(14)5-2-1-3-12-7(5)10/h1-3H,4H2,(H2,11,13). The van der Waals surface area contributed by atoms with Crippen LogP contribution in [0.4, 0.5) is 0 Å². The molecule has 0 aliphatic heterocycles. The van der Waals surface area contributed by atoms with Crippen LogP contribution >= 0.6 is 23.2 Å². The number of nitrogens with zero attached hydrogens (tertiary/aromatic N) is 2. The molecule has 0 amide bonds.